The van der Waals surface area contributed by atoms with Crippen LogP contribution in [0.1, 0.15) is 100 Å². The Labute approximate surface area is 391 Å². The fourth-order valence-corrected chi connectivity index (χ4v) is 14.2. The second-order valence-corrected chi connectivity index (χ2v) is 22.2. The number of esters is 2. The van der Waals surface area contributed by atoms with E-state index in [0.717, 1.165) is 5.57 Å². The summed E-state index contributed by atoms with van der Waals surface area (Å²) in [4.78, 5) is 37.9. The van der Waals surface area contributed by atoms with E-state index in [4.69, 9.17) is 28.4 Å². The van der Waals surface area contributed by atoms with Crippen LogP contribution in [-0.2, 0) is 42.8 Å². The van der Waals surface area contributed by atoms with Crippen molar-refractivity contribution in [1.82, 2.24) is 0 Å². The Morgan fingerprint density at radius 3 is 2.13 bits per heavy atom. The van der Waals surface area contributed by atoms with Crippen LogP contribution in [0.3, 0.4) is 0 Å². The van der Waals surface area contributed by atoms with E-state index in [0.29, 0.717) is 44.1 Å². The lowest BCUT2D eigenvalue weighted by Gasteiger charge is -2.69. The van der Waals surface area contributed by atoms with Crippen molar-refractivity contribution in [1.29, 1.82) is 0 Å². The van der Waals surface area contributed by atoms with Crippen LogP contribution < -0.4 is 0 Å². The highest BCUT2D eigenvalue weighted by Gasteiger charge is 2.71. The molecule has 5 aliphatic carbocycles. The van der Waals surface area contributed by atoms with Crippen LogP contribution in [0, 0.1) is 50.7 Å². The van der Waals surface area contributed by atoms with Crippen molar-refractivity contribution in [3.05, 3.63) is 23.3 Å². The molecule has 380 valence electrons. The van der Waals surface area contributed by atoms with Crippen LogP contribution in [0.15, 0.2) is 23.3 Å². The van der Waals surface area contributed by atoms with Gasteiger partial charge in [0, 0.05) is 23.3 Å². The number of hydrogen-bond donors (Lipinski definition) is 10. The largest absolute Gasteiger partial charge is 0.479 e. The molecule has 2 aliphatic heterocycles. The van der Waals surface area contributed by atoms with E-state index >= 15 is 0 Å². The second kappa shape index (κ2) is 18.8. The second-order valence-electron chi connectivity index (χ2n) is 22.2. The van der Waals surface area contributed by atoms with Gasteiger partial charge in [-0.1, -0.05) is 52.3 Å². The Hall–Kier alpha value is -2.63. The molecule has 10 N–H and O–H groups in total. The van der Waals surface area contributed by atoms with Gasteiger partial charge in [0.25, 0.3) is 0 Å². The molecular formula is C48H74O19. The first-order valence-corrected chi connectivity index (χ1v) is 23.8. The van der Waals surface area contributed by atoms with Crippen molar-refractivity contribution in [2.24, 2.45) is 50.7 Å². The Morgan fingerprint density at radius 1 is 0.836 bits per heavy atom. The number of aliphatic hydroxyl groups is 9. The summed E-state index contributed by atoms with van der Waals surface area (Å²) in [6.45, 7) is 13.7. The summed E-state index contributed by atoms with van der Waals surface area (Å²) >= 11 is 0. The molecule has 19 nitrogen and oxygen atoms in total. The number of carbonyl (C=O) groups excluding carboxylic acids is 2. The molecule has 0 aromatic carbocycles. The Bertz CT molecular complexity index is 1920. The minimum absolute atomic E-state index is 0.0443. The third-order valence-electron chi connectivity index (χ3n) is 18.2. The Balaban J connectivity index is 1.14. The van der Waals surface area contributed by atoms with Crippen molar-refractivity contribution in [2.75, 3.05) is 19.8 Å². The molecule has 2 saturated heterocycles. The quantitative estimate of drug-likeness (QED) is 0.0582. The monoisotopic (exact) mass is 954 g/mol. The fraction of sp³-hybridized carbons (Fsp3) is 0.854. The van der Waals surface area contributed by atoms with Gasteiger partial charge in [0.1, 0.15) is 61.5 Å². The maximum absolute atomic E-state index is 13.2. The van der Waals surface area contributed by atoms with Gasteiger partial charge in [-0.25, -0.2) is 9.59 Å². The van der Waals surface area contributed by atoms with Crippen molar-refractivity contribution < 1.29 is 93.9 Å². The van der Waals surface area contributed by atoms with Crippen LogP contribution >= 0.6 is 0 Å². The molecular weight excluding hydrogens is 881 g/mol. The number of fused-ring (bicyclic) bond motifs is 7. The lowest BCUT2D eigenvalue weighted by molar-refractivity contribution is -0.337. The standard InChI is InChI=1S/C48H74O19/c1-9-21(2)41(60)67-39-38(57)48(20-63-22(3)50)25(17-44(39,4)5)23-10-11-27-45(6,24(23)16-29(48)51)14-12-28-46(27,7)15-13-30(47(28,8)19-49)65-43-35(56)36(34(55)37(66-43)40(58)59)62-18-26-31(52)32(53)33(54)42(61)64-26/h9-10,24-39,42-43,49,51-57,61H,11-20H2,1-8H3,(H,58,59)/b21-9+/t24-,25?,26-,27+,28?,29+,30+,31-,32+,33-,34+,35-,36+,37+,38+,39+,42-,43-,45+,46-,47+,48+/m1/s1. The van der Waals surface area contributed by atoms with E-state index in [2.05, 4.69) is 19.9 Å². The first kappa shape index (κ1) is 52.2. The molecule has 7 aliphatic rings. The van der Waals surface area contributed by atoms with E-state index in [1.807, 2.05) is 20.8 Å². The van der Waals surface area contributed by atoms with Gasteiger partial charge in [0.05, 0.1) is 30.8 Å². The van der Waals surface area contributed by atoms with Gasteiger partial charge < -0.3 is 79.5 Å². The molecule has 19 heteroatoms. The summed E-state index contributed by atoms with van der Waals surface area (Å²) in [5.41, 5.74) is -2.37. The number of rotatable bonds is 11. The van der Waals surface area contributed by atoms with Gasteiger partial charge in [0.15, 0.2) is 18.7 Å². The first-order chi connectivity index (χ1) is 31.2. The van der Waals surface area contributed by atoms with Gasteiger partial charge in [-0.05, 0) is 93.3 Å². The van der Waals surface area contributed by atoms with Crippen LogP contribution in [0.4, 0.5) is 0 Å². The summed E-state index contributed by atoms with van der Waals surface area (Å²) in [5, 5.41) is 109. The number of ether oxygens (including phenoxy) is 6. The zero-order chi connectivity index (χ0) is 49.5. The number of aliphatic carboxylic acids is 1. The van der Waals surface area contributed by atoms with Crippen LogP contribution in [-0.4, -0.2) is 175 Å². The summed E-state index contributed by atoms with van der Waals surface area (Å²) in [6.07, 6.45) is -14.5. The van der Waals surface area contributed by atoms with Gasteiger partial charge in [-0.2, -0.15) is 0 Å². The zero-order valence-corrected chi connectivity index (χ0v) is 39.8. The lowest BCUT2D eigenvalue weighted by Crippen LogP contribution is -2.70. The average Bonchev–Trinajstić information content (AvgIpc) is 3.26. The lowest BCUT2D eigenvalue weighted by atomic mass is 9.36. The Morgan fingerprint density at radius 2 is 1.51 bits per heavy atom. The summed E-state index contributed by atoms with van der Waals surface area (Å²) in [6, 6.07) is 0. The number of aliphatic hydroxyl groups excluding tert-OH is 9. The van der Waals surface area contributed by atoms with Gasteiger partial charge >= 0.3 is 17.9 Å². The summed E-state index contributed by atoms with van der Waals surface area (Å²) in [7, 11) is 0. The van der Waals surface area contributed by atoms with E-state index < -0.39 is 138 Å². The SMILES string of the molecule is C/C=C(\C)C(=O)O[C@H]1[C@H](O)[C@@]2(COC(C)=O)C(CC1(C)C)C1=CC[C@H]3[C@@](C)(CCC4[C@](C)(CO)[C@@H](O[C@@H]5O[C@H](C(=O)O)[C@@H](O)[C@H](OC[C@H]6O[C@@H](O)[C@H](O)[C@@H](O)[C@@H]6O)[C@H]5O)CC[C@@]43C)[C@@H]1C[C@@H]2O. The molecule has 4 saturated carbocycles. The third-order valence-corrected chi connectivity index (χ3v) is 18.2. The highest BCUT2D eigenvalue weighted by Crippen LogP contribution is 2.72. The van der Waals surface area contributed by atoms with Crippen LogP contribution in [0.25, 0.3) is 0 Å². The normalized spacial score (nSPS) is 49.5. The molecule has 0 radical (unpaired) electrons. The van der Waals surface area contributed by atoms with Gasteiger partial charge in [-0.3, -0.25) is 4.79 Å². The molecule has 0 aromatic heterocycles. The van der Waals surface area contributed by atoms with Crippen LogP contribution in [0.2, 0.25) is 0 Å². The van der Waals surface area contributed by atoms with Crippen molar-refractivity contribution in [2.45, 2.75) is 186 Å². The predicted molar refractivity (Wildman–Crippen MR) is 232 cm³/mol. The molecule has 0 amide bonds. The molecule has 0 aromatic rings. The third kappa shape index (κ3) is 8.52. The molecule has 6 fully saturated rings. The minimum atomic E-state index is -1.94. The van der Waals surface area contributed by atoms with E-state index in [-0.39, 0.29) is 42.8 Å². The van der Waals surface area contributed by atoms with Crippen molar-refractivity contribution >= 4 is 17.9 Å². The van der Waals surface area contributed by atoms with E-state index in [1.165, 1.54) is 6.92 Å². The number of carbonyl (C=O) groups is 3. The molecule has 2 unspecified atom stereocenters. The fourth-order valence-electron chi connectivity index (χ4n) is 14.2. The van der Waals surface area contributed by atoms with Crippen molar-refractivity contribution in [3.8, 4) is 0 Å². The highest BCUT2D eigenvalue weighted by atomic mass is 16.7. The summed E-state index contributed by atoms with van der Waals surface area (Å²) in [5.74, 6) is -3.38. The Kier molecular flexibility index (Phi) is 14.7. The molecule has 2 heterocycles. The molecule has 0 spiro atoms. The maximum Gasteiger partial charge on any atom is 0.335 e. The van der Waals surface area contributed by atoms with Gasteiger partial charge in [0.2, 0.25) is 0 Å². The number of allylic oxidation sites excluding steroid dienone is 3. The van der Waals surface area contributed by atoms with E-state index in [1.54, 1.807) is 19.9 Å². The number of hydrogen-bond acceptors (Lipinski definition) is 18. The smallest absolute Gasteiger partial charge is 0.335 e. The maximum atomic E-state index is 13.2. The van der Waals surface area contributed by atoms with E-state index in [9.17, 15) is 65.4 Å². The molecule has 67 heavy (non-hydrogen) atoms. The number of carboxylic acid groups (broad SMARTS) is 1. The highest BCUT2D eigenvalue weighted by molar-refractivity contribution is 5.87. The predicted octanol–water partition coefficient (Wildman–Crippen LogP) is 0.465. The first-order valence-electron chi connectivity index (χ1n) is 23.8. The van der Waals surface area contributed by atoms with Crippen LogP contribution in [0.5, 0.6) is 0 Å². The summed E-state index contributed by atoms with van der Waals surface area (Å²) < 4.78 is 34.8. The molecule has 7 rings (SSSR count). The average molecular weight is 955 g/mol. The van der Waals surface area contributed by atoms with Crippen molar-refractivity contribution in [3.63, 3.8) is 0 Å². The zero-order valence-electron chi connectivity index (χ0n) is 39.8. The minimum Gasteiger partial charge on any atom is -0.479 e. The topological polar surface area (TPSA) is 309 Å². The van der Waals surface area contributed by atoms with Gasteiger partial charge in [-0.15, -0.1) is 0 Å². The molecule has 22 atom stereocenters. The number of carboxylic acids is 1. The molecule has 0 bridgehead atoms.